The number of halogens is 2. The third-order valence-electron chi connectivity index (χ3n) is 11.0. The smallest absolute Gasteiger partial charge is 0.0920 e. The summed E-state index contributed by atoms with van der Waals surface area (Å²) in [7, 11) is 10.7. The summed E-state index contributed by atoms with van der Waals surface area (Å²) >= 11 is -0.826. The average Bonchev–Trinajstić information content (AvgIpc) is 3.86. The van der Waals surface area contributed by atoms with Crippen LogP contribution in [0.5, 0.6) is 0 Å². The normalized spacial score (nSPS) is 11.1. The van der Waals surface area contributed by atoms with E-state index in [1.54, 1.807) is 0 Å². The number of benzene rings is 6. The summed E-state index contributed by atoms with van der Waals surface area (Å²) in [5.74, 6) is 0. The molecule has 1 aliphatic heterocycles. The second kappa shape index (κ2) is 18.2. The van der Waals surface area contributed by atoms with Gasteiger partial charge in [-0.2, -0.15) is 41.6 Å². The van der Waals surface area contributed by atoms with E-state index in [1.807, 2.05) is 6.07 Å². The minimum absolute atomic E-state index is 0.795. The molecule has 282 valence electrons. The number of aryl methyl sites for hydroxylation is 8. The van der Waals surface area contributed by atoms with Crippen molar-refractivity contribution in [3.8, 4) is 33.4 Å². The first-order valence-electron chi connectivity index (χ1n) is 19.1. The van der Waals surface area contributed by atoms with Crippen molar-refractivity contribution < 1.29 is 20.8 Å². The molecule has 0 spiro atoms. The van der Waals surface area contributed by atoms with Crippen LogP contribution in [0.25, 0.3) is 54.9 Å². The maximum Gasteiger partial charge on any atom is 0.0920 e. The third kappa shape index (κ3) is 9.01. The van der Waals surface area contributed by atoms with Gasteiger partial charge in [0.25, 0.3) is 0 Å². The molecular formula is C52H49Cl2SiZr-3. The molecule has 0 amide bonds. The van der Waals surface area contributed by atoms with E-state index in [9.17, 15) is 0 Å². The van der Waals surface area contributed by atoms with Gasteiger partial charge in [-0.05, 0) is 88.8 Å². The summed E-state index contributed by atoms with van der Waals surface area (Å²) < 4.78 is 0. The largest absolute Gasteiger partial charge is 0.184 e. The van der Waals surface area contributed by atoms with Crippen LogP contribution in [-0.2, 0) is 20.8 Å². The van der Waals surface area contributed by atoms with Crippen molar-refractivity contribution in [3.05, 3.63) is 177 Å². The molecule has 0 unspecified atom stereocenters. The SMILES string of the molecule is Cc1cc(C)c(C)c(-c2c(C)ccc3[cH-]c(C)cc23)c1.Cc1cc(C)c(C)c(-c2c(C)ccc3[cH-]c(C)cc23)c1.[Cl][Zr][Cl].[c-]1cccc2c1[Si]c1ccccc1-2. The van der Waals surface area contributed by atoms with Gasteiger partial charge in [0.1, 0.15) is 0 Å². The molecule has 4 heteroatoms. The van der Waals surface area contributed by atoms with Gasteiger partial charge in [0.05, 0.1) is 9.52 Å². The fourth-order valence-corrected chi connectivity index (χ4v) is 9.43. The Hall–Kier alpha value is -3.78. The predicted octanol–water partition coefficient (Wildman–Crippen LogP) is 14.0. The van der Waals surface area contributed by atoms with Gasteiger partial charge in [-0.1, -0.05) is 107 Å². The van der Waals surface area contributed by atoms with Gasteiger partial charge >= 0.3 is 37.9 Å². The number of rotatable bonds is 2. The van der Waals surface area contributed by atoms with Crippen LogP contribution in [0.2, 0.25) is 0 Å². The van der Waals surface area contributed by atoms with Gasteiger partial charge in [0, 0.05) is 0 Å². The minimum Gasteiger partial charge on any atom is -0.184 e. The third-order valence-corrected chi connectivity index (χ3v) is 12.3. The zero-order valence-electron chi connectivity index (χ0n) is 34.2. The molecule has 1 heterocycles. The first kappa shape index (κ1) is 41.8. The van der Waals surface area contributed by atoms with Gasteiger partial charge in [0.15, 0.2) is 0 Å². The van der Waals surface area contributed by atoms with Gasteiger partial charge in [-0.15, -0.1) is 74.6 Å². The number of fused-ring (bicyclic) bond motifs is 5. The Morgan fingerprint density at radius 2 is 0.964 bits per heavy atom. The van der Waals surface area contributed by atoms with E-state index in [4.69, 9.17) is 17.0 Å². The molecule has 0 saturated heterocycles. The fourth-order valence-electron chi connectivity index (χ4n) is 8.12. The van der Waals surface area contributed by atoms with Crippen molar-refractivity contribution in [2.24, 2.45) is 0 Å². The maximum atomic E-state index is 4.93. The quantitative estimate of drug-likeness (QED) is 0.120. The van der Waals surface area contributed by atoms with Crippen LogP contribution >= 0.6 is 17.0 Å². The van der Waals surface area contributed by atoms with Gasteiger partial charge < -0.3 is 0 Å². The van der Waals surface area contributed by atoms with Crippen molar-refractivity contribution in [2.75, 3.05) is 0 Å². The molecule has 0 nitrogen and oxygen atoms in total. The Labute approximate surface area is 356 Å². The second-order valence-corrected chi connectivity index (χ2v) is 20.3. The van der Waals surface area contributed by atoms with Crippen LogP contribution in [0.1, 0.15) is 55.6 Å². The number of hydrogen-bond donors (Lipinski definition) is 0. The van der Waals surface area contributed by atoms with E-state index in [2.05, 4.69) is 184 Å². The Morgan fingerprint density at radius 1 is 0.500 bits per heavy atom. The van der Waals surface area contributed by atoms with Crippen LogP contribution in [0.15, 0.2) is 115 Å². The monoisotopic (exact) mass is 861 g/mol. The molecule has 0 aliphatic carbocycles. The summed E-state index contributed by atoms with van der Waals surface area (Å²) in [6.45, 7) is 22.0. The zero-order chi connectivity index (χ0) is 40.3. The molecule has 1 aliphatic rings. The second-order valence-electron chi connectivity index (χ2n) is 15.3. The Morgan fingerprint density at radius 3 is 1.46 bits per heavy atom. The number of hydrogen-bond acceptors (Lipinski definition) is 0. The molecule has 8 aromatic rings. The topological polar surface area (TPSA) is 0 Å². The van der Waals surface area contributed by atoms with Crippen LogP contribution < -0.4 is 10.4 Å². The van der Waals surface area contributed by atoms with Crippen LogP contribution in [0.3, 0.4) is 0 Å². The van der Waals surface area contributed by atoms with E-state index < -0.39 is 20.8 Å². The van der Waals surface area contributed by atoms with Crippen molar-refractivity contribution in [1.82, 2.24) is 0 Å². The molecule has 56 heavy (non-hydrogen) atoms. The Kier molecular flexibility index (Phi) is 13.6. The van der Waals surface area contributed by atoms with E-state index in [1.165, 1.54) is 121 Å². The van der Waals surface area contributed by atoms with Gasteiger partial charge in [-0.25, -0.2) is 0 Å². The molecule has 0 saturated carbocycles. The molecule has 0 fully saturated rings. The van der Waals surface area contributed by atoms with E-state index in [-0.39, 0.29) is 0 Å². The van der Waals surface area contributed by atoms with Crippen molar-refractivity contribution in [2.45, 2.75) is 69.2 Å². The van der Waals surface area contributed by atoms with Gasteiger partial charge in [0.2, 0.25) is 0 Å². The summed E-state index contributed by atoms with van der Waals surface area (Å²) in [5.41, 5.74) is 22.0. The summed E-state index contributed by atoms with van der Waals surface area (Å²) in [4.78, 5) is 0. The summed E-state index contributed by atoms with van der Waals surface area (Å²) in [5, 5.41) is 8.29. The molecule has 0 bridgehead atoms. The molecule has 0 N–H and O–H groups in total. The average molecular weight is 864 g/mol. The molecule has 0 atom stereocenters. The standard InChI is InChI=1S/2C20H21.C12H7Si.2ClH.Zr/c2*1-12-8-15(4)16(5)18(10-12)20-14(3)6-7-17-9-13(2)11-19(17)20;1-3-7-11-9(5-1)10-6-2-4-8-12(10)13-11;;;/h2*6-11H,1-5H3;1-7H;2*1H;/q3*-1;;;+2/p-2. The van der Waals surface area contributed by atoms with Crippen molar-refractivity contribution in [3.63, 3.8) is 0 Å². The first-order chi connectivity index (χ1) is 26.8. The van der Waals surface area contributed by atoms with E-state index in [0.29, 0.717) is 0 Å². The summed E-state index contributed by atoms with van der Waals surface area (Å²) in [6.07, 6.45) is 0. The van der Waals surface area contributed by atoms with E-state index in [0.717, 1.165) is 9.52 Å². The minimum atomic E-state index is -0.826. The van der Waals surface area contributed by atoms with E-state index >= 15 is 0 Å². The van der Waals surface area contributed by atoms with Crippen molar-refractivity contribution >= 4 is 58.5 Å². The van der Waals surface area contributed by atoms with Gasteiger partial charge in [-0.3, -0.25) is 0 Å². The molecular weight excluding hydrogens is 815 g/mol. The summed E-state index contributed by atoms with van der Waals surface area (Å²) in [6, 6.07) is 45.5. The maximum absolute atomic E-state index is 4.93. The van der Waals surface area contributed by atoms with Crippen molar-refractivity contribution in [1.29, 1.82) is 0 Å². The Bertz CT molecular complexity index is 2490. The molecule has 0 aromatic heterocycles. The molecule has 8 aromatic carbocycles. The van der Waals surface area contributed by atoms with Crippen LogP contribution in [-0.4, -0.2) is 9.52 Å². The Balaban J connectivity index is 0.000000140. The van der Waals surface area contributed by atoms with Crippen LogP contribution in [0.4, 0.5) is 0 Å². The zero-order valence-corrected chi connectivity index (χ0v) is 39.2. The first-order valence-corrected chi connectivity index (χ1v) is 26.5. The molecule has 2 radical (unpaired) electrons. The molecule has 9 rings (SSSR count). The fraction of sp³-hybridized carbons (Fsp3) is 0.192. The van der Waals surface area contributed by atoms with Crippen LogP contribution in [0, 0.1) is 75.3 Å². The predicted molar refractivity (Wildman–Crippen MR) is 245 cm³/mol.